The number of hydrogen-bond acceptors (Lipinski definition) is 5. The number of aryl methyl sites for hydroxylation is 1. The van der Waals surface area contributed by atoms with Gasteiger partial charge in [0, 0.05) is 32.9 Å². The zero-order valence-electron chi connectivity index (χ0n) is 15.5. The number of hydrogen-bond donors (Lipinski definition) is 1. The van der Waals surface area contributed by atoms with E-state index in [2.05, 4.69) is 9.82 Å². The van der Waals surface area contributed by atoms with Crippen LogP contribution in [0.1, 0.15) is 23.3 Å². The van der Waals surface area contributed by atoms with Crippen LogP contribution in [0.3, 0.4) is 0 Å². The van der Waals surface area contributed by atoms with Crippen molar-refractivity contribution in [2.75, 3.05) is 26.7 Å². The Morgan fingerprint density at radius 2 is 2.04 bits per heavy atom. The lowest BCUT2D eigenvalue weighted by atomic mass is 9.98. The highest BCUT2D eigenvalue weighted by Gasteiger charge is 2.27. The summed E-state index contributed by atoms with van der Waals surface area (Å²) in [5.41, 5.74) is 0.537. The molecule has 2 heterocycles. The van der Waals surface area contributed by atoms with Crippen molar-refractivity contribution in [1.29, 1.82) is 0 Å². The number of aromatic nitrogens is 2. The molecule has 3 rings (SSSR count). The van der Waals surface area contributed by atoms with Crippen molar-refractivity contribution in [3.05, 3.63) is 42.2 Å². The van der Waals surface area contributed by atoms with Crippen molar-refractivity contribution in [3.63, 3.8) is 0 Å². The second-order valence-electron chi connectivity index (χ2n) is 6.63. The Labute approximate surface area is 159 Å². The van der Waals surface area contributed by atoms with Crippen LogP contribution in [0.15, 0.2) is 41.4 Å². The number of likely N-dealkylation sites (tertiary alicyclic amines) is 1. The summed E-state index contributed by atoms with van der Waals surface area (Å²) >= 11 is 0. The molecule has 1 fully saturated rings. The third-order valence-corrected chi connectivity index (χ3v) is 6.22. The number of ether oxygens (including phenoxy) is 1. The number of amides is 1. The molecule has 1 aromatic heterocycles. The van der Waals surface area contributed by atoms with Crippen LogP contribution < -0.4 is 9.46 Å². The molecule has 1 aliphatic heterocycles. The van der Waals surface area contributed by atoms with E-state index in [0.29, 0.717) is 31.1 Å². The normalized spacial score (nSPS) is 17.7. The van der Waals surface area contributed by atoms with E-state index in [0.717, 1.165) is 12.8 Å². The highest BCUT2D eigenvalue weighted by molar-refractivity contribution is 7.89. The number of methoxy groups -OCH3 is 1. The first-order valence-corrected chi connectivity index (χ1v) is 10.3. The Morgan fingerprint density at radius 3 is 2.67 bits per heavy atom. The molecule has 1 aliphatic rings. The highest BCUT2D eigenvalue weighted by atomic mass is 32.2. The van der Waals surface area contributed by atoms with Gasteiger partial charge in [0.2, 0.25) is 10.0 Å². The maximum atomic E-state index is 12.6. The fourth-order valence-corrected chi connectivity index (χ4v) is 4.34. The van der Waals surface area contributed by atoms with Crippen LogP contribution >= 0.6 is 0 Å². The summed E-state index contributed by atoms with van der Waals surface area (Å²) in [7, 11) is -0.330. The number of nitrogens with zero attached hydrogens (tertiary/aromatic N) is 3. The third-order valence-electron chi connectivity index (χ3n) is 4.78. The monoisotopic (exact) mass is 392 g/mol. The minimum absolute atomic E-state index is 0.0716. The van der Waals surface area contributed by atoms with Crippen LogP contribution in [0.2, 0.25) is 0 Å². The molecular weight excluding hydrogens is 368 g/mol. The summed E-state index contributed by atoms with van der Waals surface area (Å²) in [5.74, 6) is 0.604. The Hall–Kier alpha value is -2.39. The second kappa shape index (κ2) is 8.10. The molecule has 1 amide bonds. The van der Waals surface area contributed by atoms with E-state index in [1.165, 1.54) is 19.2 Å². The summed E-state index contributed by atoms with van der Waals surface area (Å²) < 4.78 is 34.2. The van der Waals surface area contributed by atoms with E-state index < -0.39 is 10.0 Å². The molecule has 8 nitrogen and oxygen atoms in total. The van der Waals surface area contributed by atoms with Crippen LogP contribution in [0, 0.1) is 5.92 Å². The second-order valence-corrected chi connectivity index (χ2v) is 8.39. The molecule has 1 aromatic carbocycles. The van der Waals surface area contributed by atoms with Gasteiger partial charge >= 0.3 is 0 Å². The molecule has 146 valence electrons. The van der Waals surface area contributed by atoms with Gasteiger partial charge in [0.05, 0.1) is 12.0 Å². The Balaban J connectivity index is 1.60. The number of sulfonamides is 1. The first-order chi connectivity index (χ1) is 12.9. The lowest BCUT2D eigenvalue weighted by Gasteiger charge is -2.32. The smallest absolute Gasteiger partial charge is 0.272 e. The van der Waals surface area contributed by atoms with E-state index in [-0.39, 0.29) is 16.7 Å². The van der Waals surface area contributed by atoms with Gasteiger partial charge in [-0.25, -0.2) is 13.1 Å². The molecule has 9 heteroatoms. The van der Waals surface area contributed by atoms with Crippen molar-refractivity contribution < 1.29 is 17.9 Å². The maximum Gasteiger partial charge on any atom is 0.272 e. The average molecular weight is 392 g/mol. The molecule has 1 atom stereocenters. The van der Waals surface area contributed by atoms with Gasteiger partial charge in [-0.05, 0) is 49.1 Å². The SMILES string of the molecule is COc1ccc(S(=O)(=O)NC[C@@H]2CCCN(C(=O)c3ccnn3C)C2)cc1. The molecular formula is C18H24N4O4S. The van der Waals surface area contributed by atoms with Crippen LogP contribution in [-0.4, -0.2) is 55.7 Å². The number of rotatable bonds is 6. The molecule has 2 aromatic rings. The number of carbonyl (C=O) groups is 1. The van der Waals surface area contributed by atoms with Crippen LogP contribution in [0.5, 0.6) is 5.75 Å². The summed E-state index contributed by atoms with van der Waals surface area (Å²) in [6.45, 7) is 1.49. The quantitative estimate of drug-likeness (QED) is 0.799. The molecule has 0 radical (unpaired) electrons. The van der Waals surface area contributed by atoms with E-state index in [9.17, 15) is 13.2 Å². The van der Waals surface area contributed by atoms with Crippen molar-refractivity contribution >= 4 is 15.9 Å². The van der Waals surface area contributed by atoms with Gasteiger partial charge in [-0.15, -0.1) is 0 Å². The van der Waals surface area contributed by atoms with Crippen LogP contribution in [-0.2, 0) is 17.1 Å². The maximum absolute atomic E-state index is 12.6. The standard InChI is InChI=1S/C18H24N4O4S/c1-21-17(9-10-19-21)18(23)22-11-3-4-14(13-22)12-20-27(24,25)16-7-5-15(26-2)6-8-16/h5-10,14,20H,3-4,11-13H2,1-2H3/t14-/m0/s1. The fourth-order valence-electron chi connectivity index (χ4n) is 3.23. The predicted octanol–water partition coefficient (Wildman–Crippen LogP) is 1.26. The van der Waals surface area contributed by atoms with Gasteiger partial charge in [-0.1, -0.05) is 0 Å². The Bertz CT molecular complexity index is 892. The lowest BCUT2D eigenvalue weighted by molar-refractivity contribution is 0.0665. The number of nitrogens with one attached hydrogen (secondary N) is 1. The Morgan fingerprint density at radius 1 is 1.30 bits per heavy atom. The van der Waals surface area contributed by atoms with Crippen LogP contribution in [0.25, 0.3) is 0 Å². The van der Waals surface area contributed by atoms with Gasteiger partial charge in [-0.2, -0.15) is 5.10 Å². The van der Waals surface area contributed by atoms with Gasteiger partial charge < -0.3 is 9.64 Å². The van der Waals surface area contributed by atoms with E-state index in [1.807, 2.05) is 0 Å². The molecule has 0 saturated carbocycles. The summed E-state index contributed by atoms with van der Waals surface area (Å²) in [4.78, 5) is 14.6. The first-order valence-electron chi connectivity index (χ1n) is 8.81. The number of carbonyl (C=O) groups excluding carboxylic acids is 1. The molecule has 1 N–H and O–H groups in total. The molecule has 0 bridgehead atoms. The molecule has 27 heavy (non-hydrogen) atoms. The van der Waals surface area contributed by atoms with Gasteiger partial charge in [0.1, 0.15) is 11.4 Å². The van der Waals surface area contributed by atoms with E-state index in [4.69, 9.17) is 4.74 Å². The van der Waals surface area contributed by atoms with Crippen molar-refractivity contribution in [2.24, 2.45) is 13.0 Å². The van der Waals surface area contributed by atoms with Gasteiger partial charge in [0.15, 0.2) is 0 Å². The van der Waals surface area contributed by atoms with Crippen molar-refractivity contribution in [2.45, 2.75) is 17.7 Å². The topological polar surface area (TPSA) is 93.5 Å². The van der Waals surface area contributed by atoms with E-state index in [1.54, 1.807) is 41.0 Å². The Kier molecular flexibility index (Phi) is 5.81. The number of piperidine rings is 1. The number of benzene rings is 1. The van der Waals surface area contributed by atoms with Gasteiger partial charge in [-0.3, -0.25) is 9.48 Å². The zero-order valence-corrected chi connectivity index (χ0v) is 16.3. The molecule has 0 spiro atoms. The first kappa shape index (κ1) is 19.4. The van der Waals surface area contributed by atoms with Crippen LogP contribution in [0.4, 0.5) is 0 Å². The summed E-state index contributed by atoms with van der Waals surface area (Å²) in [5, 5.41) is 4.03. The lowest BCUT2D eigenvalue weighted by Crippen LogP contribution is -2.44. The molecule has 0 aliphatic carbocycles. The minimum Gasteiger partial charge on any atom is -0.497 e. The summed E-state index contributed by atoms with van der Waals surface area (Å²) in [6.07, 6.45) is 3.32. The minimum atomic E-state index is -3.60. The largest absolute Gasteiger partial charge is 0.497 e. The third kappa shape index (κ3) is 4.48. The highest BCUT2D eigenvalue weighted by Crippen LogP contribution is 2.20. The average Bonchev–Trinajstić information content (AvgIpc) is 3.12. The molecule has 1 saturated heterocycles. The zero-order chi connectivity index (χ0) is 19.4. The van der Waals surface area contributed by atoms with Gasteiger partial charge in [0.25, 0.3) is 5.91 Å². The van der Waals surface area contributed by atoms with Crippen molar-refractivity contribution in [1.82, 2.24) is 19.4 Å². The summed E-state index contributed by atoms with van der Waals surface area (Å²) in [6, 6.07) is 7.95. The fraction of sp³-hybridized carbons (Fsp3) is 0.444. The predicted molar refractivity (Wildman–Crippen MR) is 100 cm³/mol. The van der Waals surface area contributed by atoms with E-state index >= 15 is 0 Å². The molecule has 0 unspecified atom stereocenters. The van der Waals surface area contributed by atoms with Crippen molar-refractivity contribution in [3.8, 4) is 5.75 Å².